The highest BCUT2D eigenvalue weighted by molar-refractivity contribution is 7.90. The van der Waals surface area contributed by atoms with Crippen molar-refractivity contribution in [2.24, 2.45) is 5.92 Å². The molecule has 32 heavy (non-hydrogen) atoms. The van der Waals surface area contributed by atoms with Crippen LogP contribution in [0.2, 0.25) is 0 Å². The lowest BCUT2D eigenvalue weighted by atomic mass is 9.82. The van der Waals surface area contributed by atoms with Crippen LogP contribution in [0.4, 0.5) is 0 Å². The number of hydrogen-bond acceptors (Lipinski definition) is 5. The topological polar surface area (TPSA) is 85.7 Å². The van der Waals surface area contributed by atoms with E-state index in [1.165, 1.54) is 11.1 Å². The summed E-state index contributed by atoms with van der Waals surface area (Å²) in [6, 6.07) is 13.4. The lowest BCUT2D eigenvalue weighted by Crippen LogP contribution is -2.49. The van der Waals surface area contributed by atoms with E-state index < -0.39 is 28.0 Å². The molecule has 3 aromatic rings. The number of amides is 1. The van der Waals surface area contributed by atoms with Gasteiger partial charge in [-0.2, -0.15) is 0 Å². The van der Waals surface area contributed by atoms with Gasteiger partial charge in [-0.25, -0.2) is 12.4 Å². The maximum absolute atomic E-state index is 13.9. The van der Waals surface area contributed by atoms with Gasteiger partial charge in [-0.1, -0.05) is 35.9 Å². The highest BCUT2D eigenvalue weighted by Crippen LogP contribution is 2.46. The van der Waals surface area contributed by atoms with Gasteiger partial charge >= 0.3 is 5.97 Å². The molecule has 5 rings (SSSR count). The summed E-state index contributed by atoms with van der Waals surface area (Å²) in [7, 11) is -2.65. The first-order chi connectivity index (χ1) is 15.3. The number of para-hydroxylation sites is 1. The largest absolute Gasteiger partial charge is 0.469 e. The molecule has 0 radical (unpaired) electrons. The summed E-state index contributed by atoms with van der Waals surface area (Å²) in [4.78, 5) is 27.3. The number of fused-ring (bicyclic) bond motifs is 5. The van der Waals surface area contributed by atoms with Gasteiger partial charge in [0.25, 0.3) is 10.0 Å². The van der Waals surface area contributed by atoms with Crippen molar-refractivity contribution in [2.75, 3.05) is 13.7 Å². The Morgan fingerprint density at radius 2 is 1.78 bits per heavy atom. The summed E-state index contributed by atoms with van der Waals surface area (Å²) in [6.07, 6.45) is 1.11. The van der Waals surface area contributed by atoms with Crippen LogP contribution >= 0.6 is 0 Å². The van der Waals surface area contributed by atoms with Crippen molar-refractivity contribution in [3.63, 3.8) is 0 Å². The van der Waals surface area contributed by atoms with Crippen LogP contribution < -0.4 is 0 Å². The lowest BCUT2D eigenvalue weighted by Gasteiger charge is -2.43. The van der Waals surface area contributed by atoms with Crippen molar-refractivity contribution in [3.05, 3.63) is 65.4 Å². The molecular weight excluding hydrogens is 428 g/mol. The first-order valence-electron chi connectivity index (χ1n) is 10.7. The fourth-order valence-electron chi connectivity index (χ4n) is 5.12. The molecule has 3 heterocycles. The fourth-order valence-corrected chi connectivity index (χ4v) is 6.70. The minimum atomic E-state index is -3.98. The van der Waals surface area contributed by atoms with Gasteiger partial charge in [-0.15, -0.1) is 0 Å². The van der Waals surface area contributed by atoms with Gasteiger partial charge in [-0.05, 0) is 43.5 Å². The van der Waals surface area contributed by atoms with Crippen LogP contribution in [0.15, 0.2) is 53.4 Å². The first kappa shape index (κ1) is 20.8. The quantitative estimate of drug-likeness (QED) is 0.570. The molecule has 7 nitrogen and oxygen atoms in total. The average molecular weight is 453 g/mol. The minimum absolute atomic E-state index is 0.0645. The Hall–Kier alpha value is -3.13. The van der Waals surface area contributed by atoms with Crippen molar-refractivity contribution < 1.29 is 22.7 Å². The highest BCUT2D eigenvalue weighted by atomic mass is 32.2. The summed E-state index contributed by atoms with van der Waals surface area (Å²) in [6.45, 7) is 2.35. The molecule has 2 aliphatic heterocycles. The fraction of sp³-hybridized carbons (Fsp3) is 0.333. The van der Waals surface area contributed by atoms with Crippen LogP contribution in [0.5, 0.6) is 0 Å². The van der Waals surface area contributed by atoms with E-state index >= 15 is 0 Å². The van der Waals surface area contributed by atoms with E-state index in [9.17, 15) is 18.0 Å². The Kier molecular flexibility index (Phi) is 4.85. The smallest absolute Gasteiger partial charge is 0.311 e. The second-order valence-electron chi connectivity index (χ2n) is 8.41. The zero-order chi connectivity index (χ0) is 22.6. The average Bonchev–Trinajstić information content (AvgIpc) is 3.14. The van der Waals surface area contributed by atoms with Crippen molar-refractivity contribution in [2.45, 2.75) is 37.1 Å². The van der Waals surface area contributed by atoms with Crippen LogP contribution in [0.1, 0.15) is 35.7 Å². The van der Waals surface area contributed by atoms with Crippen LogP contribution in [0, 0.1) is 12.8 Å². The third-order valence-corrected chi connectivity index (χ3v) is 8.37. The van der Waals surface area contributed by atoms with E-state index in [1.807, 2.05) is 19.1 Å². The molecule has 0 unspecified atom stereocenters. The number of carbonyl (C=O) groups is 2. The van der Waals surface area contributed by atoms with Gasteiger partial charge in [0, 0.05) is 18.4 Å². The summed E-state index contributed by atoms with van der Waals surface area (Å²) >= 11 is 0. The second kappa shape index (κ2) is 7.48. The van der Waals surface area contributed by atoms with Gasteiger partial charge in [0.05, 0.1) is 35.2 Å². The highest BCUT2D eigenvalue weighted by Gasteiger charge is 2.47. The molecular formula is C24H24N2O5S. The molecule has 0 aliphatic carbocycles. The van der Waals surface area contributed by atoms with Crippen LogP contribution in [0.25, 0.3) is 10.9 Å². The number of methoxy groups -OCH3 is 1. The zero-order valence-corrected chi connectivity index (χ0v) is 18.8. The molecule has 2 aliphatic rings. The summed E-state index contributed by atoms with van der Waals surface area (Å²) in [5, 5.41) is 0.833. The standard InChI is InChI=1S/C24H24N2O5S/c1-15-7-9-16(10-8-15)32(29,30)26-20-6-4-3-5-17(20)18-13-14-25-21(27)12-11-19(24(28)31-2)22(25)23(18)26/h3-10,19,22H,11-14H2,1-2H3/t19-,22+/m1/s1. The number of aromatic nitrogens is 1. The molecule has 0 N–H and O–H groups in total. The van der Waals surface area contributed by atoms with Gasteiger partial charge < -0.3 is 9.64 Å². The van der Waals surface area contributed by atoms with Crippen LogP contribution in [-0.2, 0) is 30.8 Å². The minimum Gasteiger partial charge on any atom is -0.469 e. The van der Waals surface area contributed by atoms with Crippen molar-refractivity contribution in [1.29, 1.82) is 0 Å². The van der Waals surface area contributed by atoms with Gasteiger partial charge in [0.2, 0.25) is 5.91 Å². The summed E-state index contributed by atoms with van der Waals surface area (Å²) in [5.74, 6) is -1.11. The number of piperidine rings is 1. The molecule has 1 saturated heterocycles. The monoisotopic (exact) mass is 452 g/mol. The number of rotatable bonds is 3. The van der Waals surface area contributed by atoms with E-state index in [1.54, 1.807) is 41.3 Å². The molecule has 2 atom stereocenters. The predicted molar refractivity (Wildman–Crippen MR) is 119 cm³/mol. The lowest BCUT2D eigenvalue weighted by molar-refractivity contribution is -0.155. The number of carbonyl (C=O) groups excluding carboxylic acids is 2. The maximum Gasteiger partial charge on any atom is 0.311 e. The Morgan fingerprint density at radius 1 is 1.06 bits per heavy atom. The molecule has 0 spiro atoms. The number of esters is 1. The molecule has 166 valence electrons. The molecule has 8 heteroatoms. The number of nitrogens with zero attached hydrogens (tertiary/aromatic N) is 2. The molecule has 0 saturated carbocycles. The summed E-state index contributed by atoms with van der Waals surface area (Å²) < 4.78 is 34.3. The normalized spacial score (nSPS) is 20.7. The van der Waals surface area contributed by atoms with E-state index in [0.29, 0.717) is 30.6 Å². The molecule has 1 amide bonds. The van der Waals surface area contributed by atoms with E-state index in [2.05, 4.69) is 0 Å². The molecule has 2 aromatic carbocycles. The SMILES string of the molecule is COC(=O)[C@@H]1CCC(=O)N2CCc3c(n(S(=O)(=O)c4ccc(C)cc4)c4ccccc34)[C@H]12. The predicted octanol–water partition coefficient (Wildman–Crippen LogP) is 3.20. The summed E-state index contributed by atoms with van der Waals surface area (Å²) in [5.41, 5.74) is 2.89. The van der Waals surface area contributed by atoms with Gasteiger partial charge in [-0.3, -0.25) is 9.59 Å². The second-order valence-corrected chi connectivity index (χ2v) is 10.2. The van der Waals surface area contributed by atoms with Crippen LogP contribution in [-0.4, -0.2) is 42.8 Å². The third kappa shape index (κ3) is 2.97. The van der Waals surface area contributed by atoms with E-state index in [-0.39, 0.29) is 17.2 Å². The molecule has 0 bridgehead atoms. The van der Waals surface area contributed by atoms with Gasteiger partial charge in [0.1, 0.15) is 0 Å². The number of ether oxygens (including phenoxy) is 1. The number of hydrogen-bond donors (Lipinski definition) is 0. The Labute approximate surface area is 186 Å². The van der Waals surface area contributed by atoms with Crippen molar-refractivity contribution in [1.82, 2.24) is 8.87 Å². The third-order valence-electron chi connectivity index (χ3n) is 6.63. The molecule has 1 fully saturated rings. The van der Waals surface area contributed by atoms with Crippen LogP contribution in [0.3, 0.4) is 0 Å². The van der Waals surface area contributed by atoms with E-state index in [0.717, 1.165) is 16.5 Å². The van der Waals surface area contributed by atoms with E-state index in [4.69, 9.17) is 4.74 Å². The Balaban J connectivity index is 1.83. The Morgan fingerprint density at radius 3 is 2.50 bits per heavy atom. The Bertz CT molecular complexity index is 1340. The van der Waals surface area contributed by atoms with Crippen molar-refractivity contribution >= 4 is 32.8 Å². The zero-order valence-electron chi connectivity index (χ0n) is 17.9. The maximum atomic E-state index is 13.9. The number of benzene rings is 2. The van der Waals surface area contributed by atoms with Gasteiger partial charge in [0.15, 0.2) is 0 Å². The van der Waals surface area contributed by atoms with Crippen molar-refractivity contribution in [3.8, 4) is 0 Å². The molecule has 1 aromatic heterocycles. The first-order valence-corrected chi connectivity index (χ1v) is 12.1. The number of aryl methyl sites for hydroxylation is 1.